The highest BCUT2D eigenvalue weighted by Crippen LogP contribution is 2.47. The van der Waals surface area contributed by atoms with E-state index in [0.29, 0.717) is 0 Å². The Morgan fingerprint density at radius 3 is 2.33 bits per heavy atom. The van der Waals surface area contributed by atoms with Gasteiger partial charge in [-0.2, -0.15) is 0 Å². The number of carbonyl (C=O) groups excluding carboxylic acids is 3. The number of hydrogen-bond donors (Lipinski definition) is 1. The smallest absolute Gasteiger partial charge is 0.316 e. The number of benzene rings is 1. The summed E-state index contributed by atoms with van der Waals surface area (Å²) in [4.78, 5) is 36.8. The summed E-state index contributed by atoms with van der Waals surface area (Å²) in [5.41, 5.74) is -1.79. The number of methoxy groups -OCH3 is 2. The Kier molecular flexibility index (Phi) is 5.03. The summed E-state index contributed by atoms with van der Waals surface area (Å²) < 4.78 is 23.7. The number of halogens is 1. The fourth-order valence-electron chi connectivity index (χ4n) is 3.39. The van der Waals surface area contributed by atoms with E-state index in [0.717, 1.165) is 20.3 Å². The van der Waals surface area contributed by atoms with Crippen molar-refractivity contribution in [3.05, 3.63) is 35.6 Å². The first kappa shape index (κ1) is 18.1. The topological polar surface area (TPSA) is 89.9 Å². The number of ether oxygens (including phenoxy) is 2. The van der Waals surface area contributed by atoms with Crippen LogP contribution in [0.25, 0.3) is 0 Å². The van der Waals surface area contributed by atoms with Crippen LogP contribution in [0.4, 0.5) is 4.39 Å². The Morgan fingerprint density at radius 2 is 1.79 bits per heavy atom. The lowest BCUT2D eigenvalue weighted by Gasteiger charge is -2.43. The van der Waals surface area contributed by atoms with Crippen molar-refractivity contribution in [3.8, 4) is 0 Å². The van der Waals surface area contributed by atoms with Crippen LogP contribution in [0.3, 0.4) is 0 Å². The van der Waals surface area contributed by atoms with Crippen molar-refractivity contribution in [1.82, 2.24) is 0 Å². The predicted octanol–water partition coefficient (Wildman–Crippen LogP) is 1.21. The third kappa shape index (κ3) is 3.03. The lowest BCUT2D eigenvalue weighted by Crippen LogP contribution is -2.55. The second-order valence-corrected chi connectivity index (χ2v) is 6.05. The van der Waals surface area contributed by atoms with Crippen molar-refractivity contribution in [2.75, 3.05) is 14.2 Å². The molecule has 0 heterocycles. The van der Waals surface area contributed by atoms with E-state index in [2.05, 4.69) is 4.74 Å². The fraction of sp³-hybridized carbons (Fsp3) is 0.471. The minimum absolute atomic E-state index is 0.0170. The fourth-order valence-corrected chi connectivity index (χ4v) is 3.39. The van der Waals surface area contributed by atoms with Crippen molar-refractivity contribution in [2.45, 2.75) is 24.9 Å². The standard InChI is InChI=1S/C17H19FO6/c1-17(22)8-11(19)13(15(20)23-2)12(14(17)16(21)24-3)9-6-4-5-7-10(9)18/h4-7,12-14,22H,8H2,1-3H3/t12-,13+,14+,17+/m1/s1. The molecule has 130 valence electrons. The van der Waals surface area contributed by atoms with Gasteiger partial charge in [-0.3, -0.25) is 14.4 Å². The lowest BCUT2D eigenvalue weighted by molar-refractivity contribution is -0.170. The minimum Gasteiger partial charge on any atom is -0.469 e. The molecule has 1 aliphatic carbocycles. The van der Waals surface area contributed by atoms with Crippen molar-refractivity contribution < 1.29 is 33.4 Å². The van der Waals surface area contributed by atoms with E-state index in [-0.39, 0.29) is 5.56 Å². The summed E-state index contributed by atoms with van der Waals surface area (Å²) in [5.74, 6) is -6.90. The van der Waals surface area contributed by atoms with Crippen molar-refractivity contribution in [3.63, 3.8) is 0 Å². The number of esters is 2. The van der Waals surface area contributed by atoms with Gasteiger partial charge in [-0.15, -0.1) is 0 Å². The van der Waals surface area contributed by atoms with Crippen molar-refractivity contribution in [2.24, 2.45) is 11.8 Å². The molecule has 24 heavy (non-hydrogen) atoms. The minimum atomic E-state index is -1.78. The quantitative estimate of drug-likeness (QED) is 0.658. The van der Waals surface area contributed by atoms with Crippen LogP contribution in [0.1, 0.15) is 24.8 Å². The maximum Gasteiger partial charge on any atom is 0.316 e. The Labute approximate surface area is 138 Å². The molecule has 7 heteroatoms. The second-order valence-electron chi connectivity index (χ2n) is 6.05. The Bertz CT molecular complexity index is 669. The number of hydrogen-bond acceptors (Lipinski definition) is 6. The number of ketones is 1. The van der Waals surface area contributed by atoms with Gasteiger partial charge in [0.2, 0.25) is 0 Å². The van der Waals surface area contributed by atoms with Crippen LogP contribution in [-0.4, -0.2) is 42.6 Å². The molecule has 1 saturated carbocycles. The van der Waals surface area contributed by atoms with Crippen LogP contribution in [-0.2, 0) is 23.9 Å². The molecule has 0 radical (unpaired) electrons. The first-order chi connectivity index (χ1) is 11.2. The molecular weight excluding hydrogens is 319 g/mol. The molecule has 4 atom stereocenters. The van der Waals surface area contributed by atoms with E-state index in [4.69, 9.17) is 4.74 Å². The summed E-state index contributed by atoms with van der Waals surface area (Å²) in [6.45, 7) is 1.30. The van der Waals surface area contributed by atoms with E-state index >= 15 is 0 Å². The van der Waals surface area contributed by atoms with Gasteiger partial charge < -0.3 is 14.6 Å². The van der Waals surface area contributed by atoms with Crippen molar-refractivity contribution >= 4 is 17.7 Å². The lowest BCUT2D eigenvalue weighted by atomic mass is 9.61. The van der Waals surface area contributed by atoms with E-state index in [1.165, 1.54) is 25.1 Å². The first-order valence-electron chi connectivity index (χ1n) is 7.39. The summed E-state index contributed by atoms with van der Waals surface area (Å²) in [7, 11) is 2.23. The van der Waals surface area contributed by atoms with Gasteiger partial charge in [-0.25, -0.2) is 4.39 Å². The van der Waals surface area contributed by atoms with Crippen LogP contribution >= 0.6 is 0 Å². The van der Waals surface area contributed by atoms with Gasteiger partial charge >= 0.3 is 11.9 Å². The van der Waals surface area contributed by atoms with Crippen molar-refractivity contribution in [1.29, 1.82) is 0 Å². The summed E-state index contributed by atoms with van der Waals surface area (Å²) >= 11 is 0. The maximum absolute atomic E-state index is 14.3. The normalized spacial score (nSPS) is 29.9. The van der Waals surface area contributed by atoms with Gasteiger partial charge in [0.15, 0.2) is 5.78 Å². The molecule has 6 nitrogen and oxygen atoms in total. The zero-order valence-electron chi connectivity index (χ0n) is 13.6. The van der Waals surface area contributed by atoms with Crippen LogP contribution in [0.15, 0.2) is 24.3 Å². The molecule has 1 aromatic rings. The average Bonchev–Trinajstić information content (AvgIpc) is 2.52. The van der Waals surface area contributed by atoms with Gasteiger partial charge in [-0.1, -0.05) is 18.2 Å². The summed E-state index contributed by atoms with van der Waals surface area (Å²) in [5, 5.41) is 10.6. The molecule has 0 bridgehead atoms. The van der Waals surface area contributed by atoms with Gasteiger partial charge in [0.1, 0.15) is 11.7 Å². The SMILES string of the molecule is COC(=O)[C@H]1C(=O)C[C@](C)(O)[C@H](C(=O)OC)[C@@H]1c1ccccc1F. The molecular formula is C17H19FO6. The molecule has 1 aliphatic rings. The maximum atomic E-state index is 14.3. The molecule has 0 amide bonds. The monoisotopic (exact) mass is 338 g/mol. The van der Waals surface area contributed by atoms with Gasteiger partial charge in [0.25, 0.3) is 0 Å². The van der Waals surface area contributed by atoms with E-state index < -0.39 is 53.3 Å². The third-order valence-electron chi connectivity index (χ3n) is 4.44. The Morgan fingerprint density at radius 1 is 1.21 bits per heavy atom. The first-order valence-corrected chi connectivity index (χ1v) is 7.39. The van der Waals surface area contributed by atoms with Gasteiger partial charge in [0.05, 0.1) is 25.7 Å². The van der Waals surface area contributed by atoms with E-state index in [1.807, 2.05) is 0 Å². The predicted molar refractivity (Wildman–Crippen MR) is 80.4 cm³/mol. The highest BCUT2D eigenvalue weighted by molar-refractivity contribution is 6.02. The second kappa shape index (κ2) is 6.68. The zero-order valence-corrected chi connectivity index (χ0v) is 13.6. The molecule has 0 unspecified atom stereocenters. The molecule has 1 fully saturated rings. The molecule has 0 aliphatic heterocycles. The number of aliphatic hydroxyl groups is 1. The van der Waals surface area contributed by atoms with Crippen LogP contribution in [0.5, 0.6) is 0 Å². The van der Waals surface area contributed by atoms with Crippen LogP contribution in [0, 0.1) is 17.7 Å². The van der Waals surface area contributed by atoms with Crippen LogP contribution in [0.2, 0.25) is 0 Å². The largest absolute Gasteiger partial charge is 0.469 e. The van der Waals surface area contributed by atoms with Crippen LogP contribution < -0.4 is 0 Å². The Hall–Kier alpha value is -2.28. The van der Waals surface area contributed by atoms with Gasteiger partial charge in [-0.05, 0) is 18.6 Å². The van der Waals surface area contributed by atoms with E-state index in [9.17, 15) is 23.9 Å². The van der Waals surface area contributed by atoms with Gasteiger partial charge in [0, 0.05) is 12.3 Å². The molecule has 1 N–H and O–H groups in total. The number of carbonyl (C=O) groups is 3. The molecule has 0 aromatic heterocycles. The number of rotatable bonds is 3. The average molecular weight is 338 g/mol. The zero-order chi connectivity index (χ0) is 18.1. The Balaban J connectivity index is 2.68. The molecule has 0 spiro atoms. The molecule has 2 rings (SSSR count). The highest BCUT2D eigenvalue weighted by atomic mass is 19.1. The highest BCUT2D eigenvalue weighted by Gasteiger charge is 2.57. The molecule has 0 saturated heterocycles. The molecule has 1 aromatic carbocycles. The number of Topliss-reactive ketones (excluding diaryl/α,β-unsaturated/α-hetero) is 1. The summed E-state index contributed by atoms with van der Waals surface area (Å²) in [6.07, 6.45) is -0.433. The third-order valence-corrected chi connectivity index (χ3v) is 4.44. The summed E-state index contributed by atoms with van der Waals surface area (Å²) in [6, 6.07) is 5.50. The van der Waals surface area contributed by atoms with E-state index in [1.54, 1.807) is 0 Å².